The highest BCUT2D eigenvalue weighted by molar-refractivity contribution is 6.31. The van der Waals surface area contributed by atoms with E-state index in [1.54, 1.807) is 37.8 Å². The fourth-order valence-electron chi connectivity index (χ4n) is 2.03. The minimum absolute atomic E-state index is 0.486. The van der Waals surface area contributed by atoms with E-state index in [0.717, 1.165) is 5.39 Å². The lowest BCUT2D eigenvalue weighted by atomic mass is 10.1. The molecule has 0 spiro atoms. The minimum Gasteiger partial charge on any atom is -0.493 e. The Morgan fingerprint density at radius 2 is 2.15 bits per heavy atom. The van der Waals surface area contributed by atoms with E-state index in [2.05, 4.69) is 9.97 Å². The highest BCUT2D eigenvalue weighted by Crippen LogP contribution is 2.34. The Morgan fingerprint density at radius 1 is 1.30 bits per heavy atom. The number of fused-ring (bicyclic) bond motifs is 1. The van der Waals surface area contributed by atoms with Gasteiger partial charge in [0.15, 0.2) is 11.3 Å². The summed E-state index contributed by atoms with van der Waals surface area (Å²) in [7, 11) is 1.57. The molecule has 0 saturated carbocycles. The number of furan rings is 1. The third-order valence-corrected chi connectivity index (χ3v) is 3.21. The zero-order valence-corrected chi connectivity index (χ0v) is 11.5. The van der Waals surface area contributed by atoms with E-state index in [1.807, 2.05) is 6.07 Å². The van der Waals surface area contributed by atoms with Gasteiger partial charge in [0.1, 0.15) is 11.8 Å². The molecule has 1 aromatic carbocycles. The second-order valence-electron chi connectivity index (χ2n) is 4.28. The van der Waals surface area contributed by atoms with Gasteiger partial charge in [-0.05, 0) is 12.1 Å². The summed E-state index contributed by atoms with van der Waals surface area (Å²) in [6.45, 7) is 0. The molecule has 0 aliphatic rings. The fraction of sp³-hybridized carbons (Fsp3) is 0.143. The van der Waals surface area contributed by atoms with Crippen LogP contribution in [0.4, 0.5) is 0 Å². The van der Waals surface area contributed by atoms with Gasteiger partial charge in [0.05, 0.1) is 19.0 Å². The molecule has 0 saturated heterocycles. The number of nitrogens with two attached hydrogens (primary N) is 1. The first-order valence-electron chi connectivity index (χ1n) is 5.97. The van der Waals surface area contributed by atoms with Crippen LogP contribution in [0.5, 0.6) is 5.75 Å². The van der Waals surface area contributed by atoms with Crippen molar-refractivity contribution < 1.29 is 9.15 Å². The lowest BCUT2D eigenvalue weighted by Gasteiger charge is -2.06. The van der Waals surface area contributed by atoms with Crippen molar-refractivity contribution in [1.82, 2.24) is 9.97 Å². The molecule has 0 fully saturated rings. The molecule has 2 aromatic heterocycles. The molecular weight excluding hydrogens is 278 g/mol. The zero-order chi connectivity index (χ0) is 14.1. The van der Waals surface area contributed by atoms with Crippen molar-refractivity contribution in [2.45, 2.75) is 6.04 Å². The Hall–Kier alpha value is -2.11. The van der Waals surface area contributed by atoms with E-state index in [9.17, 15) is 0 Å². The molecule has 0 amide bonds. The average molecular weight is 290 g/mol. The number of aromatic nitrogens is 2. The first-order valence-corrected chi connectivity index (χ1v) is 6.35. The first-order chi connectivity index (χ1) is 9.69. The van der Waals surface area contributed by atoms with Crippen molar-refractivity contribution in [3.05, 3.63) is 53.3 Å². The maximum absolute atomic E-state index is 6.14. The zero-order valence-electron chi connectivity index (χ0n) is 10.7. The van der Waals surface area contributed by atoms with Crippen LogP contribution in [0, 0.1) is 0 Å². The fourth-order valence-corrected chi connectivity index (χ4v) is 2.24. The normalized spacial score (nSPS) is 12.6. The number of hydrogen-bond donors (Lipinski definition) is 1. The van der Waals surface area contributed by atoms with Crippen molar-refractivity contribution in [3.8, 4) is 5.75 Å². The molecule has 1 unspecified atom stereocenters. The number of hydrogen-bond acceptors (Lipinski definition) is 5. The van der Waals surface area contributed by atoms with Crippen LogP contribution in [0.15, 0.2) is 41.2 Å². The molecule has 0 aliphatic heterocycles. The molecule has 1 atom stereocenters. The first kappa shape index (κ1) is 12.9. The molecule has 2 heterocycles. The minimum atomic E-state index is -0.486. The van der Waals surface area contributed by atoms with E-state index in [1.165, 1.54) is 0 Å². The SMILES string of the molecule is COc1cc(Cl)cc2cc(C(N)c3cnccn3)oc12. The topological polar surface area (TPSA) is 74.2 Å². The standard InChI is InChI=1S/C14H12ClN3O2/c1-19-12-6-9(15)4-8-5-11(20-14(8)12)13(16)10-7-17-2-3-18-10/h2-7,13H,16H2,1H3. The predicted molar refractivity (Wildman–Crippen MR) is 75.8 cm³/mol. The average Bonchev–Trinajstić information content (AvgIpc) is 2.90. The summed E-state index contributed by atoms with van der Waals surface area (Å²) in [6, 6.07) is 4.85. The van der Waals surface area contributed by atoms with Crippen LogP contribution >= 0.6 is 11.6 Å². The van der Waals surface area contributed by atoms with Crippen molar-refractivity contribution in [2.24, 2.45) is 5.73 Å². The van der Waals surface area contributed by atoms with Gasteiger partial charge in [0, 0.05) is 28.9 Å². The van der Waals surface area contributed by atoms with Crippen LogP contribution < -0.4 is 10.5 Å². The van der Waals surface area contributed by atoms with E-state index in [-0.39, 0.29) is 0 Å². The van der Waals surface area contributed by atoms with Crippen molar-refractivity contribution in [2.75, 3.05) is 7.11 Å². The third-order valence-electron chi connectivity index (χ3n) is 2.99. The number of methoxy groups -OCH3 is 1. The van der Waals surface area contributed by atoms with Gasteiger partial charge >= 0.3 is 0 Å². The highest BCUT2D eigenvalue weighted by atomic mass is 35.5. The summed E-state index contributed by atoms with van der Waals surface area (Å²) in [4.78, 5) is 8.18. The van der Waals surface area contributed by atoms with Crippen LogP contribution in [-0.2, 0) is 0 Å². The summed E-state index contributed by atoms with van der Waals surface area (Å²) < 4.78 is 11.0. The molecular formula is C14H12ClN3O2. The lowest BCUT2D eigenvalue weighted by Crippen LogP contribution is -2.12. The van der Waals surface area contributed by atoms with Crippen molar-refractivity contribution in [1.29, 1.82) is 0 Å². The quantitative estimate of drug-likeness (QED) is 0.802. The Kier molecular flexibility index (Phi) is 3.30. The second kappa shape index (κ2) is 5.11. The van der Waals surface area contributed by atoms with Gasteiger partial charge in [-0.15, -0.1) is 0 Å². The summed E-state index contributed by atoms with van der Waals surface area (Å²) in [5.41, 5.74) is 7.39. The summed E-state index contributed by atoms with van der Waals surface area (Å²) in [5, 5.41) is 1.42. The van der Waals surface area contributed by atoms with Gasteiger partial charge in [0.25, 0.3) is 0 Å². The Bertz CT molecular complexity index is 743. The van der Waals surface area contributed by atoms with Crippen LogP contribution in [0.3, 0.4) is 0 Å². The molecule has 3 aromatic rings. The highest BCUT2D eigenvalue weighted by Gasteiger charge is 2.18. The number of benzene rings is 1. The number of nitrogens with zero attached hydrogens (tertiary/aromatic N) is 2. The van der Waals surface area contributed by atoms with Gasteiger partial charge in [-0.2, -0.15) is 0 Å². The molecule has 0 bridgehead atoms. The van der Waals surface area contributed by atoms with Crippen LogP contribution in [0.25, 0.3) is 11.0 Å². The molecule has 0 aliphatic carbocycles. The van der Waals surface area contributed by atoms with Crippen molar-refractivity contribution >= 4 is 22.6 Å². The molecule has 0 radical (unpaired) electrons. The maximum Gasteiger partial charge on any atom is 0.176 e. The number of rotatable bonds is 3. The van der Waals surface area contributed by atoms with E-state index in [4.69, 9.17) is 26.5 Å². The van der Waals surface area contributed by atoms with Gasteiger partial charge in [-0.25, -0.2) is 0 Å². The molecule has 102 valence electrons. The van der Waals surface area contributed by atoms with Crippen LogP contribution in [0.2, 0.25) is 5.02 Å². The van der Waals surface area contributed by atoms with Crippen LogP contribution in [0.1, 0.15) is 17.5 Å². The Labute approximate surface area is 120 Å². The van der Waals surface area contributed by atoms with E-state index in [0.29, 0.717) is 27.8 Å². The summed E-state index contributed by atoms with van der Waals surface area (Å²) in [6.07, 6.45) is 4.80. The van der Waals surface area contributed by atoms with Gasteiger partial charge < -0.3 is 14.9 Å². The summed E-state index contributed by atoms with van der Waals surface area (Å²) in [5.74, 6) is 1.16. The number of ether oxygens (including phenoxy) is 1. The molecule has 5 nitrogen and oxygen atoms in total. The van der Waals surface area contributed by atoms with E-state index >= 15 is 0 Å². The Morgan fingerprint density at radius 3 is 2.85 bits per heavy atom. The third kappa shape index (κ3) is 2.21. The second-order valence-corrected chi connectivity index (χ2v) is 4.72. The van der Waals surface area contributed by atoms with Gasteiger partial charge in [0.2, 0.25) is 0 Å². The monoisotopic (exact) mass is 289 g/mol. The summed E-state index contributed by atoms with van der Waals surface area (Å²) >= 11 is 6.03. The van der Waals surface area contributed by atoms with Crippen molar-refractivity contribution in [3.63, 3.8) is 0 Å². The molecule has 3 rings (SSSR count). The van der Waals surface area contributed by atoms with Gasteiger partial charge in [-0.1, -0.05) is 11.6 Å². The largest absolute Gasteiger partial charge is 0.493 e. The maximum atomic E-state index is 6.14. The molecule has 2 N–H and O–H groups in total. The van der Waals surface area contributed by atoms with Gasteiger partial charge in [-0.3, -0.25) is 9.97 Å². The number of halogens is 1. The van der Waals surface area contributed by atoms with Crippen LogP contribution in [-0.4, -0.2) is 17.1 Å². The lowest BCUT2D eigenvalue weighted by molar-refractivity contribution is 0.406. The predicted octanol–water partition coefficient (Wildman–Crippen LogP) is 2.93. The molecule has 6 heteroatoms. The van der Waals surface area contributed by atoms with E-state index < -0.39 is 6.04 Å². The smallest absolute Gasteiger partial charge is 0.176 e. The molecule has 20 heavy (non-hydrogen) atoms. The Balaban J connectivity index is 2.09.